The Kier molecular flexibility index (Phi) is 7.47. The van der Waals surface area contributed by atoms with Crippen molar-refractivity contribution in [1.82, 2.24) is 0 Å². The summed E-state index contributed by atoms with van der Waals surface area (Å²) >= 11 is 0. The van der Waals surface area contributed by atoms with E-state index in [1.807, 2.05) is 0 Å². The zero-order valence-corrected chi connectivity index (χ0v) is 28.9. The number of furan rings is 1. The summed E-state index contributed by atoms with van der Waals surface area (Å²) in [5, 5.41) is 6.81. The highest BCUT2D eigenvalue weighted by Crippen LogP contribution is 2.47. The molecule has 0 bridgehead atoms. The normalized spacial score (nSPS) is 11.4. The van der Waals surface area contributed by atoms with E-state index in [9.17, 15) is 0 Å². The zero-order chi connectivity index (χ0) is 35.1. The molecule has 0 fully saturated rings. The Morgan fingerprint density at radius 1 is 0.340 bits per heavy atom. The lowest BCUT2D eigenvalue weighted by atomic mass is 9.96. The first-order chi connectivity index (χ1) is 26.3. The Labute approximate surface area is 308 Å². The molecule has 0 aliphatic heterocycles. The molecular weight excluding hydrogens is 645 g/mol. The first-order valence-corrected chi connectivity index (χ1v) is 18.0. The minimum Gasteiger partial charge on any atom is -0.455 e. The van der Waals surface area contributed by atoms with Crippen molar-refractivity contribution in [3.63, 3.8) is 0 Å². The number of anilines is 6. The highest BCUT2D eigenvalue weighted by Gasteiger charge is 2.22. The molecule has 0 unspecified atom stereocenters. The molecule has 0 spiro atoms. The van der Waals surface area contributed by atoms with E-state index in [2.05, 4.69) is 216 Å². The third kappa shape index (κ3) is 5.38. The fourth-order valence-electron chi connectivity index (χ4n) is 7.79. The van der Waals surface area contributed by atoms with E-state index in [0.29, 0.717) is 0 Å². The summed E-state index contributed by atoms with van der Waals surface area (Å²) in [6.07, 6.45) is 0. The van der Waals surface area contributed by atoms with Gasteiger partial charge in [0.15, 0.2) is 0 Å². The van der Waals surface area contributed by atoms with Crippen LogP contribution in [0.1, 0.15) is 0 Å². The van der Waals surface area contributed by atoms with Crippen LogP contribution in [0.25, 0.3) is 54.6 Å². The smallest absolute Gasteiger partial charge is 0.143 e. The van der Waals surface area contributed by atoms with Gasteiger partial charge >= 0.3 is 0 Å². The maximum atomic E-state index is 6.82. The lowest BCUT2D eigenvalue weighted by Gasteiger charge is -2.27. The van der Waals surface area contributed by atoms with Gasteiger partial charge in [-0.1, -0.05) is 133 Å². The molecule has 10 aromatic rings. The van der Waals surface area contributed by atoms with Crippen molar-refractivity contribution in [2.75, 3.05) is 9.80 Å². The van der Waals surface area contributed by atoms with E-state index in [4.69, 9.17) is 4.42 Å². The van der Waals surface area contributed by atoms with Crippen molar-refractivity contribution in [1.29, 1.82) is 0 Å². The molecule has 1 heterocycles. The fraction of sp³-hybridized carbons (Fsp3) is 0. The second-order valence-electron chi connectivity index (χ2n) is 13.4. The van der Waals surface area contributed by atoms with Gasteiger partial charge in [0.2, 0.25) is 0 Å². The topological polar surface area (TPSA) is 19.6 Å². The van der Waals surface area contributed by atoms with Crippen molar-refractivity contribution in [2.24, 2.45) is 0 Å². The van der Waals surface area contributed by atoms with E-state index in [-0.39, 0.29) is 0 Å². The summed E-state index contributed by atoms with van der Waals surface area (Å²) in [5.41, 5.74) is 10.6. The van der Waals surface area contributed by atoms with Gasteiger partial charge in [-0.05, 0) is 94.7 Å². The number of rotatable bonds is 7. The highest BCUT2D eigenvalue weighted by molar-refractivity contribution is 6.22. The summed E-state index contributed by atoms with van der Waals surface area (Å²) in [6, 6.07) is 73.3. The summed E-state index contributed by atoms with van der Waals surface area (Å²) in [7, 11) is 0. The minimum absolute atomic E-state index is 0.866. The van der Waals surface area contributed by atoms with Gasteiger partial charge in [-0.15, -0.1) is 0 Å². The predicted octanol–water partition coefficient (Wildman–Crippen LogP) is 14.5. The van der Waals surface area contributed by atoms with Crippen LogP contribution in [0.15, 0.2) is 211 Å². The molecule has 3 nitrogen and oxygen atoms in total. The molecule has 0 atom stereocenters. The van der Waals surface area contributed by atoms with E-state index >= 15 is 0 Å². The molecule has 53 heavy (non-hydrogen) atoms. The largest absolute Gasteiger partial charge is 0.455 e. The SMILES string of the molecule is c1ccc(N(c2ccccc2)c2cccc(-c3cccc4oc5c6ccccc6c(N(c6ccccc6)c6ccc7ccccc7c6)cc5c34)c2)cc1. The number of benzene rings is 9. The van der Waals surface area contributed by atoms with Gasteiger partial charge in [0.1, 0.15) is 11.2 Å². The summed E-state index contributed by atoms with van der Waals surface area (Å²) < 4.78 is 6.82. The van der Waals surface area contributed by atoms with E-state index in [0.717, 1.165) is 78.0 Å². The van der Waals surface area contributed by atoms with Gasteiger partial charge < -0.3 is 14.2 Å². The number of hydrogen-bond acceptors (Lipinski definition) is 3. The lowest BCUT2D eigenvalue weighted by molar-refractivity contribution is 0.673. The van der Waals surface area contributed by atoms with Crippen molar-refractivity contribution in [2.45, 2.75) is 0 Å². The number of para-hydroxylation sites is 3. The van der Waals surface area contributed by atoms with Gasteiger partial charge in [0, 0.05) is 50.0 Å². The van der Waals surface area contributed by atoms with Crippen molar-refractivity contribution >= 4 is 77.6 Å². The third-order valence-corrected chi connectivity index (χ3v) is 10.2. The Hall–Kier alpha value is -7.10. The van der Waals surface area contributed by atoms with Gasteiger partial charge in [0.05, 0.1) is 5.69 Å². The second kappa shape index (κ2) is 12.9. The van der Waals surface area contributed by atoms with Crippen LogP contribution < -0.4 is 9.80 Å². The van der Waals surface area contributed by atoms with E-state index in [1.165, 1.54) is 10.8 Å². The Morgan fingerprint density at radius 3 is 1.62 bits per heavy atom. The fourth-order valence-corrected chi connectivity index (χ4v) is 7.79. The van der Waals surface area contributed by atoms with Crippen LogP contribution in [0.5, 0.6) is 0 Å². The molecule has 250 valence electrons. The Balaban J connectivity index is 1.21. The van der Waals surface area contributed by atoms with Gasteiger partial charge in [-0.2, -0.15) is 0 Å². The van der Waals surface area contributed by atoms with E-state index < -0.39 is 0 Å². The molecule has 0 aliphatic rings. The predicted molar refractivity (Wildman–Crippen MR) is 224 cm³/mol. The zero-order valence-electron chi connectivity index (χ0n) is 28.9. The molecule has 0 saturated carbocycles. The quantitative estimate of drug-likeness (QED) is 0.167. The van der Waals surface area contributed by atoms with Crippen molar-refractivity contribution < 1.29 is 4.42 Å². The standard InChI is InChI=1S/C50H34N2O/c1-4-19-38(20-5-1)51(39-21-6-2-7-22-39)41-25-14-18-37(33-41)43-28-15-29-48-49(43)46-34-47(44-26-12-13-27-45(44)50(46)53-48)52(40-23-8-3-9-24-40)42-31-30-35-16-10-11-17-36(35)32-42/h1-34H. The maximum Gasteiger partial charge on any atom is 0.143 e. The van der Waals surface area contributed by atoms with Crippen LogP contribution in [0.3, 0.4) is 0 Å². The number of hydrogen-bond donors (Lipinski definition) is 0. The third-order valence-electron chi connectivity index (χ3n) is 10.2. The van der Waals surface area contributed by atoms with Gasteiger partial charge in [-0.25, -0.2) is 0 Å². The van der Waals surface area contributed by atoms with Crippen molar-refractivity contribution in [3.8, 4) is 11.1 Å². The van der Waals surface area contributed by atoms with Crippen LogP contribution in [-0.4, -0.2) is 0 Å². The molecular formula is C50H34N2O. The summed E-state index contributed by atoms with van der Waals surface area (Å²) in [6.45, 7) is 0. The monoisotopic (exact) mass is 678 g/mol. The number of fused-ring (bicyclic) bond motifs is 6. The first kappa shape index (κ1) is 30.7. The minimum atomic E-state index is 0.866. The molecule has 10 rings (SSSR count). The summed E-state index contributed by atoms with van der Waals surface area (Å²) in [4.78, 5) is 4.69. The Bertz CT molecular complexity index is 2860. The first-order valence-electron chi connectivity index (χ1n) is 18.0. The van der Waals surface area contributed by atoms with Crippen LogP contribution in [-0.2, 0) is 0 Å². The van der Waals surface area contributed by atoms with Gasteiger partial charge in [0.25, 0.3) is 0 Å². The molecule has 0 saturated heterocycles. The van der Waals surface area contributed by atoms with E-state index in [1.54, 1.807) is 0 Å². The highest BCUT2D eigenvalue weighted by atomic mass is 16.3. The number of nitrogens with zero attached hydrogens (tertiary/aromatic N) is 2. The Morgan fingerprint density at radius 2 is 0.906 bits per heavy atom. The molecule has 0 aliphatic carbocycles. The molecule has 0 N–H and O–H groups in total. The summed E-state index contributed by atoms with van der Waals surface area (Å²) in [5.74, 6) is 0. The maximum absolute atomic E-state index is 6.82. The average Bonchev–Trinajstić information content (AvgIpc) is 3.62. The van der Waals surface area contributed by atoms with Crippen LogP contribution in [0, 0.1) is 0 Å². The van der Waals surface area contributed by atoms with Crippen molar-refractivity contribution in [3.05, 3.63) is 206 Å². The van der Waals surface area contributed by atoms with Crippen LogP contribution in [0.4, 0.5) is 34.1 Å². The lowest BCUT2D eigenvalue weighted by Crippen LogP contribution is -2.10. The second-order valence-corrected chi connectivity index (χ2v) is 13.4. The molecule has 0 amide bonds. The molecule has 0 radical (unpaired) electrons. The molecule has 9 aromatic carbocycles. The molecule has 3 heteroatoms. The molecule has 1 aromatic heterocycles. The van der Waals surface area contributed by atoms with Crippen LogP contribution in [0.2, 0.25) is 0 Å². The van der Waals surface area contributed by atoms with Crippen LogP contribution >= 0.6 is 0 Å². The van der Waals surface area contributed by atoms with Gasteiger partial charge in [-0.3, -0.25) is 0 Å². The average molecular weight is 679 g/mol.